The quantitative estimate of drug-likeness (QED) is 0.605. The van der Waals surface area contributed by atoms with E-state index in [1.807, 2.05) is 18.2 Å². The first kappa shape index (κ1) is 16.0. The lowest BCUT2D eigenvalue weighted by atomic mass is 10.0. The summed E-state index contributed by atoms with van der Waals surface area (Å²) in [5.74, 6) is 0.429. The minimum atomic E-state index is -0.131. The molecule has 4 aromatic rings. The van der Waals surface area contributed by atoms with Gasteiger partial charge in [0.2, 0.25) is 0 Å². The van der Waals surface area contributed by atoms with E-state index >= 15 is 0 Å². The maximum absolute atomic E-state index is 12.4. The average Bonchev–Trinajstić information content (AvgIpc) is 3.23. The first-order valence-electron chi connectivity index (χ1n) is 8.37. The highest BCUT2D eigenvalue weighted by molar-refractivity contribution is 5.94. The fraction of sp³-hybridized carbons (Fsp3) is 0.100. The van der Waals surface area contributed by atoms with E-state index in [1.54, 1.807) is 24.7 Å². The first-order valence-corrected chi connectivity index (χ1v) is 8.37. The molecule has 0 saturated heterocycles. The number of rotatable bonds is 5. The largest absolute Gasteiger partial charge is 0.352 e. The van der Waals surface area contributed by atoms with Crippen molar-refractivity contribution in [2.75, 3.05) is 6.54 Å². The van der Waals surface area contributed by atoms with Gasteiger partial charge in [-0.05, 0) is 34.9 Å². The van der Waals surface area contributed by atoms with Crippen molar-refractivity contribution in [2.45, 2.75) is 6.42 Å². The van der Waals surface area contributed by atoms with Crippen molar-refractivity contribution in [3.63, 3.8) is 0 Å². The summed E-state index contributed by atoms with van der Waals surface area (Å²) in [4.78, 5) is 20.5. The van der Waals surface area contributed by atoms with Crippen LogP contribution in [0.2, 0.25) is 0 Å². The van der Waals surface area contributed by atoms with Gasteiger partial charge in [-0.3, -0.25) is 4.79 Å². The van der Waals surface area contributed by atoms with Crippen molar-refractivity contribution in [1.29, 1.82) is 0 Å². The van der Waals surface area contributed by atoms with Crippen LogP contribution in [0, 0.1) is 0 Å². The second-order valence-electron chi connectivity index (χ2n) is 5.89. The van der Waals surface area contributed by atoms with Crippen molar-refractivity contribution in [3.8, 4) is 5.82 Å². The fourth-order valence-electron chi connectivity index (χ4n) is 2.93. The second kappa shape index (κ2) is 7.14. The Morgan fingerprint density at radius 3 is 2.85 bits per heavy atom. The number of amides is 1. The van der Waals surface area contributed by atoms with Crippen LogP contribution in [0.3, 0.4) is 0 Å². The SMILES string of the molecule is O=C(NCCc1cccc2ccccc12)c1ccnc(-n2cncn2)c1. The molecule has 0 aliphatic heterocycles. The molecule has 1 N–H and O–H groups in total. The van der Waals surface area contributed by atoms with Crippen LogP contribution in [0.5, 0.6) is 0 Å². The third-order valence-electron chi connectivity index (χ3n) is 4.22. The molecule has 4 rings (SSSR count). The summed E-state index contributed by atoms with van der Waals surface area (Å²) in [6.07, 6.45) is 5.34. The minimum absolute atomic E-state index is 0.131. The third-order valence-corrected chi connectivity index (χ3v) is 4.22. The summed E-state index contributed by atoms with van der Waals surface area (Å²) in [5.41, 5.74) is 1.77. The van der Waals surface area contributed by atoms with E-state index in [9.17, 15) is 4.79 Å². The highest BCUT2D eigenvalue weighted by Crippen LogP contribution is 2.18. The monoisotopic (exact) mass is 343 g/mol. The number of hydrogen-bond donors (Lipinski definition) is 1. The van der Waals surface area contributed by atoms with Gasteiger partial charge in [-0.2, -0.15) is 5.10 Å². The molecule has 0 radical (unpaired) electrons. The summed E-state index contributed by atoms with van der Waals surface area (Å²) >= 11 is 0. The highest BCUT2D eigenvalue weighted by Gasteiger charge is 2.08. The number of nitrogens with zero attached hydrogens (tertiary/aromatic N) is 4. The number of aromatic nitrogens is 4. The predicted octanol–water partition coefficient (Wildman–Crippen LogP) is 2.79. The van der Waals surface area contributed by atoms with Crippen molar-refractivity contribution in [2.24, 2.45) is 0 Å². The zero-order chi connectivity index (χ0) is 17.8. The fourth-order valence-corrected chi connectivity index (χ4v) is 2.93. The maximum Gasteiger partial charge on any atom is 0.251 e. The standard InChI is InChI=1S/C20H17N5O/c26-20(17-9-10-22-19(12-17)25-14-21-13-24-25)23-11-8-16-6-3-5-15-4-1-2-7-18(15)16/h1-7,9-10,12-14H,8,11H2,(H,23,26). The molecule has 1 amide bonds. The topological polar surface area (TPSA) is 72.7 Å². The summed E-state index contributed by atoms with van der Waals surface area (Å²) in [6.45, 7) is 0.563. The number of hydrogen-bond acceptors (Lipinski definition) is 4. The molecular weight excluding hydrogens is 326 g/mol. The van der Waals surface area contributed by atoms with Crippen LogP contribution < -0.4 is 5.32 Å². The Hall–Kier alpha value is -3.54. The molecule has 0 bridgehead atoms. The average molecular weight is 343 g/mol. The predicted molar refractivity (Wildman–Crippen MR) is 99.1 cm³/mol. The summed E-state index contributed by atoms with van der Waals surface area (Å²) in [5, 5.41) is 9.44. The van der Waals surface area contributed by atoms with E-state index in [2.05, 4.69) is 44.6 Å². The molecular formula is C20H17N5O. The molecule has 0 unspecified atom stereocenters. The van der Waals surface area contributed by atoms with Gasteiger partial charge in [0.05, 0.1) is 0 Å². The number of nitrogens with one attached hydrogen (secondary N) is 1. The molecule has 0 saturated carbocycles. The Morgan fingerprint density at radius 1 is 1.08 bits per heavy atom. The van der Waals surface area contributed by atoms with E-state index < -0.39 is 0 Å². The van der Waals surface area contributed by atoms with Crippen molar-refractivity contribution in [1.82, 2.24) is 25.1 Å². The van der Waals surface area contributed by atoms with Gasteiger partial charge in [0.25, 0.3) is 5.91 Å². The van der Waals surface area contributed by atoms with Crippen LogP contribution in [-0.2, 0) is 6.42 Å². The summed E-state index contributed by atoms with van der Waals surface area (Å²) in [7, 11) is 0. The molecule has 128 valence electrons. The van der Waals surface area contributed by atoms with E-state index in [4.69, 9.17) is 0 Å². The summed E-state index contributed by atoms with van der Waals surface area (Å²) in [6, 6.07) is 17.9. The summed E-state index contributed by atoms with van der Waals surface area (Å²) < 4.78 is 1.52. The minimum Gasteiger partial charge on any atom is -0.352 e. The number of carbonyl (C=O) groups excluding carboxylic acids is 1. The van der Waals surface area contributed by atoms with Gasteiger partial charge in [-0.15, -0.1) is 0 Å². The smallest absolute Gasteiger partial charge is 0.251 e. The lowest BCUT2D eigenvalue weighted by Crippen LogP contribution is -2.26. The first-order chi connectivity index (χ1) is 12.8. The van der Waals surface area contributed by atoms with E-state index in [-0.39, 0.29) is 5.91 Å². The molecule has 2 aromatic carbocycles. The molecule has 2 aromatic heterocycles. The third kappa shape index (κ3) is 3.30. The number of benzene rings is 2. The van der Waals surface area contributed by atoms with Crippen LogP contribution in [0.15, 0.2) is 73.4 Å². The number of carbonyl (C=O) groups is 1. The Morgan fingerprint density at radius 2 is 1.96 bits per heavy atom. The van der Waals surface area contributed by atoms with Gasteiger partial charge in [0, 0.05) is 18.3 Å². The Bertz CT molecular complexity index is 1040. The molecule has 6 nitrogen and oxygen atoms in total. The van der Waals surface area contributed by atoms with Crippen LogP contribution in [0.4, 0.5) is 0 Å². The van der Waals surface area contributed by atoms with Gasteiger partial charge >= 0.3 is 0 Å². The van der Waals surface area contributed by atoms with E-state index in [1.165, 1.54) is 27.3 Å². The van der Waals surface area contributed by atoms with Crippen LogP contribution in [0.1, 0.15) is 15.9 Å². The molecule has 26 heavy (non-hydrogen) atoms. The maximum atomic E-state index is 12.4. The second-order valence-corrected chi connectivity index (χ2v) is 5.89. The van der Waals surface area contributed by atoms with Crippen molar-refractivity contribution >= 4 is 16.7 Å². The van der Waals surface area contributed by atoms with Crippen LogP contribution in [-0.4, -0.2) is 32.2 Å². The lowest BCUT2D eigenvalue weighted by molar-refractivity contribution is 0.0954. The van der Waals surface area contributed by atoms with Crippen LogP contribution >= 0.6 is 0 Å². The van der Waals surface area contributed by atoms with Crippen LogP contribution in [0.25, 0.3) is 16.6 Å². The molecule has 6 heteroatoms. The number of pyridine rings is 1. The zero-order valence-corrected chi connectivity index (χ0v) is 14.0. The molecule has 0 aliphatic carbocycles. The molecule has 0 fully saturated rings. The molecule has 0 aliphatic rings. The molecule has 2 heterocycles. The Kier molecular flexibility index (Phi) is 4.38. The van der Waals surface area contributed by atoms with Gasteiger partial charge < -0.3 is 5.32 Å². The highest BCUT2D eigenvalue weighted by atomic mass is 16.1. The van der Waals surface area contributed by atoms with Crippen molar-refractivity contribution in [3.05, 3.63) is 84.6 Å². The molecule has 0 spiro atoms. The lowest BCUT2D eigenvalue weighted by Gasteiger charge is -2.09. The van der Waals surface area contributed by atoms with E-state index in [0.717, 1.165) is 6.42 Å². The Labute approximate surface area is 150 Å². The van der Waals surface area contributed by atoms with Gasteiger partial charge in [-0.1, -0.05) is 42.5 Å². The van der Waals surface area contributed by atoms with Gasteiger partial charge in [0.15, 0.2) is 5.82 Å². The van der Waals surface area contributed by atoms with Gasteiger partial charge in [-0.25, -0.2) is 14.6 Å². The molecule has 0 atom stereocenters. The Balaban J connectivity index is 1.43. The normalized spacial score (nSPS) is 10.8. The van der Waals surface area contributed by atoms with E-state index in [0.29, 0.717) is 17.9 Å². The zero-order valence-electron chi connectivity index (χ0n) is 14.0. The van der Waals surface area contributed by atoms with Crippen molar-refractivity contribution < 1.29 is 4.79 Å². The number of fused-ring (bicyclic) bond motifs is 1. The van der Waals surface area contributed by atoms with Gasteiger partial charge in [0.1, 0.15) is 12.7 Å².